The molecule has 1 aromatic rings. The number of hydrogen-bond donors (Lipinski definition) is 1. The van der Waals surface area contributed by atoms with Gasteiger partial charge in [-0.2, -0.15) is 5.10 Å². The zero-order valence-corrected chi connectivity index (χ0v) is 14.0. The molecule has 7 nitrogen and oxygen atoms in total. The molecule has 3 heterocycles. The van der Waals surface area contributed by atoms with Crippen molar-refractivity contribution in [3.63, 3.8) is 0 Å². The number of nitrogens with zero attached hydrogens (tertiary/aromatic N) is 3. The third-order valence-corrected chi connectivity index (χ3v) is 4.74. The Kier molecular flexibility index (Phi) is 3.38. The van der Waals surface area contributed by atoms with Crippen LogP contribution in [0.4, 0.5) is 0 Å². The maximum Gasteiger partial charge on any atom is 0.251 e. The molecule has 120 valence electrons. The van der Waals surface area contributed by atoms with Gasteiger partial charge < -0.3 is 9.64 Å². The largest absolute Gasteiger partial charge is 0.328 e. The van der Waals surface area contributed by atoms with Crippen LogP contribution in [0.3, 0.4) is 0 Å². The zero-order chi connectivity index (χ0) is 16.1. The second-order valence-corrected chi connectivity index (χ2v) is 6.72. The van der Waals surface area contributed by atoms with E-state index in [0.717, 1.165) is 15.9 Å². The van der Waals surface area contributed by atoms with Crippen molar-refractivity contribution < 1.29 is 14.3 Å². The van der Waals surface area contributed by atoms with Gasteiger partial charge in [-0.3, -0.25) is 14.9 Å². The van der Waals surface area contributed by atoms with Crippen molar-refractivity contribution >= 4 is 33.6 Å². The lowest BCUT2D eigenvalue weighted by Gasteiger charge is -2.34. The number of epoxide rings is 1. The van der Waals surface area contributed by atoms with Crippen LogP contribution in [0.25, 0.3) is 0 Å². The second-order valence-electron chi connectivity index (χ2n) is 5.81. The molecule has 3 aliphatic rings. The third-order valence-electron chi connectivity index (χ3n) is 4.25. The quantitative estimate of drug-likeness (QED) is 0.609. The molecule has 0 bridgehead atoms. The molecule has 2 fully saturated rings. The summed E-state index contributed by atoms with van der Waals surface area (Å²) in [6.45, 7) is 0. The Morgan fingerprint density at radius 2 is 2.17 bits per heavy atom. The smallest absolute Gasteiger partial charge is 0.251 e. The molecule has 4 rings (SSSR count). The van der Waals surface area contributed by atoms with Crippen LogP contribution < -0.4 is 5.32 Å². The Bertz CT molecular complexity index is 722. The van der Waals surface area contributed by atoms with Crippen molar-refractivity contribution in [2.45, 2.75) is 31.3 Å². The van der Waals surface area contributed by atoms with Gasteiger partial charge in [0.15, 0.2) is 18.3 Å². The van der Waals surface area contributed by atoms with E-state index in [0.29, 0.717) is 12.8 Å². The minimum absolute atomic E-state index is 0.119. The Morgan fingerprint density at radius 1 is 1.35 bits per heavy atom. The van der Waals surface area contributed by atoms with Crippen molar-refractivity contribution in [3.8, 4) is 0 Å². The number of hydrazone groups is 1. The number of amides is 2. The fourth-order valence-electron chi connectivity index (χ4n) is 3.00. The predicted octanol–water partition coefficient (Wildman–Crippen LogP) is 0.846. The highest BCUT2D eigenvalue weighted by Gasteiger charge is 2.54. The van der Waals surface area contributed by atoms with Crippen LogP contribution in [-0.4, -0.2) is 53.1 Å². The van der Waals surface area contributed by atoms with Gasteiger partial charge in [-0.25, -0.2) is 5.01 Å². The molecule has 3 aliphatic heterocycles. The van der Waals surface area contributed by atoms with E-state index in [1.54, 1.807) is 5.01 Å². The number of imide groups is 1. The lowest BCUT2D eigenvalue weighted by molar-refractivity contribution is -0.138. The predicted molar refractivity (Wildman–Crippen MR) is 85.1 cm³/mol. The number of rotatable bonds is 2. The summed E-state index contributed by atoms with van der Waals surface area (Å²) in [5.74, 6) is 0.206. The third kappa shape index (κ3) is 2.51. The molecule has 0 aromatic heterocycles. The van der Waals surface area contributed by atoms with Crippen LogP contribution >= 0.6 is 15.9 Å². The molecule has 23 heavy (non-hydrogen) atoms. The summed E-state index contributed by atoms with van der Waals surface area (Å²) in [6, 6.07) is 7.35. The monoisotopic (exact) mass is 378 g/mol. The number of likely N-dealkylation sites (N-methyl/N-ethyl adjacent to an activating group) is 1. The maximum atomic E-state index is 12.1. The minimum atomic E-state index is -0.474. The Balaban J connectivity index is 1.68. The normalized spacial score (nSPS) is 29.8. The molecule has 2 amide bonds. The lowest BCUT2D eigenvalue weighted by Crippen LogP contribution is -2.54. The van der Waals surface area contributed by atoms with E-state index in [-0.39, 0.29) is 24.3 Å². The highest BCUT2D eigenvalue weighted by atomic mass is 79.9. The van der Waals surface area contributed by atoms with Gasteiger partial charge in [0, 0.05) is 23.5 Å². The minimum Gasteiger partial charge on any atom is -0.328 e. The van der Waals surface area contributed by atoms with Crippen molar-refractivity contribution in [3.05, 3.63) is 34.3 Å². The van der Waals surface area contributed by atoms with E-state index >= 15 is 0 Å². The first-order chi connectivity index (χ1) is 11.0. The number of nitrogens with one attached hydrogen (secondary N) is 1. The van der Waals surface area contributed by atoms with E-state index in [1.165, 1.54) is 0 Å². The number of hydrogen-bond acceptors (Lipinski definition) is 6. The molecule has 0 spiro atoms. The number of benzene rings is 1. The first-order valence-corrected chi connectivity index (χ1v) is 8.19. The standard InChI is InChI=1S/C15H15BrN4O3/c1-19-12(8-3-2-4-9(16)7-8)18-20(15-14(19)23-15)10-5-6-11(21)17-13(10)22/h2-4,7,10,14-15H,5-6H2,1H3,(H,17,21,22). The summed E-state index contributed by atoms with van der Waals surface area (Å²) in [5.41, 5.74) is 0.938. The van der Waals surface area contributed by atoms with E-state index in [1.807, 2.05) is 36.2 Å². The van der Waals surface area contributed by atoms with Gasteiger partial charge in [0.1, 0.15) is 6.04 Å². The van der Waals surface area contributed by atoms with Gasteiger partial charge in [0.2, 0.25) is 5.91 Å². The number of ether oxygens (including phenoxy) is 1. The summed E-state index contributed by atoms with van der Waals surface area (Å²) >= 11 is 3.46. The number of carbonyl (C=O) groups is 2. The van der Waals surface area contributed by atoms with Gasteiger partial charge >= 0.3 is 0 Å². The van der Waals surface area contributed by atoms with Gasteiger partial charge in [-0.15, -0.1) is 0 Å². The summed E-state index contributed by atoms with van der Waals surface area (Å²) in [7, 11) is 1.92. The molecule has 0 radical (unpaired) electrons. The molecule has 8 heteroatoms. The summed E-state index contributed by atoms with van der Waals surface area (Å²) in [4.78, 5) is 25.4. The molecular formula is C15H15BrN4O3. The molecular weight excluding hydrogens is 364 g/mol. The molecule has 3 atom stereocenters. The van der Waals surface area contributed by atoms with Crippen LogP contribution in [-0.2, 0) is 14.3 Å². The van der Waals surface area contributed by atoms with Crippen molar-refractivity contribution in [2.24, 2.45) is 5.10 Å². The Labute approximate surface area is 141 Å². The second kappa shape index (κ2) is 5.31. The van der Waals surface area contributed by atoms with Crippen molar-refractivity contribution in [1.82, 2.24) is 15.2 Å². The zero-order valence-electron chi connectivity index (χ0n) is 12.4. The van der Waals surface area contributed by atoms with Crippen LogP contribution in [0.5, 0.6) is 0 Å². The van der Waals surface area contributed by atoms with Crippen molar-refractivity contribution in [1.29, 1.82) is 0 Å². The highest BCUT2D eigenvalue weighted by Crippen LogP contribution is 2.37. The van der Waals surface area contributed by atoms with Crippen LogP contribution in [0.2, 0.25) is 0 Å². The Morgan fingerprint density at radius 3 is 2.91 bits per heavy atom. The highest BCUT2D eigenvalue weighted by molar-refractivity contribution is 9.10. The number of amidine groups is 1. The Hall–Kier alpha value is -1.93. The molecule has 0 saturated carbocycles. The summed E-state index contributed by atoms with van der Waals surface area (Å²) < 4.78 is 6.63. The van der Waals surface area contributed by atoms with Gasteiger partial charge in [-0.1, -0.05) is 28.1 Å². The van der Waals surface area contributed by atoms with Gasteiger partial charge in [0.05, 0.1) is 0 Å². The molecule has 1 aromatic carbocycles. The molecule has 2 saturated heterocycles. The fourth-order valence-corrected chi connectivity index (χ4v) is 3.40. The summed E-state index contributed by atoms with van der Waals surface area (Å²) in [5, 5.41) is 8.73. The molecule has 3 unspecified atom stereocenters. The average molecular weight is 379 g/mol. The maximum absolute atomic E-state index is 12.1. The number of carbonyl (C=O) groups excluding carboxylic acids is 2. The number of piperidine rings is 1. The summed E-state index contributed by atoms with van der Waals surface area (Å²) in [6.07, 6.45) is 0.421. The van der Waals surface area contributed by atoms with E-state index < -0.39 is 6.04 Å². The van der Waals surface area contributed by atoms with E-state index in [2.05, 4.69) is 26.3 Å². The van der Waals surface area contributed by atoms with Crippen LogP contribution in [0.1, 0.15) is 18.4 Å². The molecule has 0 aliphatic carbocycles. The SMILES string of the molecule is CN1C(c2cccc(Br)c2)=NN(C2CCC(=O)NC2=O)C2OC21. The molecule has 1 N–H and O–H groups in total. The number of halogens is 1. The fraction of sp³-hybridized carbons (Fsp3) is 0.400. The first-order valence-electron chi connectivity index (χ1n) is 7.39. The van der Waals surface area contributed by atoms with Gasteiger partial charge in [-0.05, 0) is 18.6 Å². The first kappa shape index (κ1) is 14.6. The average Bonchev–Trinajstić information content (AvgIpc) is 3.30. The topological polar surface area (TPSA) is 77.5 Å². The van der Waals surface area contributed by atoms with Crippen molar-refractivity contribution in [2.75, 3.05) is 7.05 Å². The van der Waals surface area contributed by atoms with E-state index in [4.69, 9.17) is 4.74 Å². The lowest BCUT2D eigenvalue weighted by atomic mass is 10.1. The number of fused-ring (bicyclic) bond motifs is 1. The van der Waals surface area contributed by atoms with E-state index in [9.17, 15) is 9.59 Å². The van der Waals surface area contributed by atoms with Crippen LogP contribution in [0.15, 0.2) is 33.8 Å². The van der Waals surface area contributed by atoms with Gasteiger partial charge in [0.25, 0.3) is 5.91 Å². The van der Waals surface area contributed by atoms with Crippen LogP contribution in [0, 0.1) is 0 Å².